The van der Waals surface area contributed by atoms with E-state index in [4.69, 9.17) is 4.84 Å². The fourth-order valence-electron chi connectivity index (χ4n) is 1.41. The van der Waals surface area contributed by atoms with Crippen molar-refractivity contribution in [3.63, 3.8) is 0 Å². The van der Waals surface area contributed by atoms with E-state index in [-0.39, 0.29) is 24.9 Å². The van der Waals surface area contributed by atoms with E-state index in [1.807, 2.05) is 13.8 Å². The highest BCUT2D eigenvalue weighted by Crippen LogP contribution is 2.15. The molecule has 0 fully saturated rings. The second kappa shape index (κ2) is 6.14. The average molecular weight is 277 g/mol. The number of sulfonamides is 1. The lowest BCUT2D eigenvalue weighted by atomic mass is 10.0. The third kappa shape index (κ3) is 5.01. The monoisotopic (exact) mass is 277 g/mol. The van der Waals surface area contributed by atoms with Crippen molar-refractivity contribution in [3.05, 3.63) is 0 Å². The van der Waals surface area contributed by atoms with Crippen LogP contribution in [0.3, 0.4) is 0 Å². The van der Waals surface area contributed by atoms with Crippen molar-refractivity contribution in [1.82, 2.24) is 10.0 Å². The Labute approximate surface area is 107 Å². The van der Waals surface area contributed by atoms with Crippen LogP contribution in [0.5, 0.6) is 0 Å². The van der Waals surface area contributed by atoms with Crippen LogP contribution in [-0.4, -0.2) is 45.5 Å². The maximum absolute atomic E-state index is 11.7. The van der Waals surface area contributed by atoms with Gasteiger partial charge in [0.15, 0.2) is 0 Å². The number of amides is 1. The van der Waals surface area contributed by atoms with Gasteiger partial charge in [0.25, 0.3) is 5.91 Å². The summed E-state index contributed by atoms with van der Waals surface area (Å²) in [5, 5.41) is 6.44. The van der Waals surface area contributed by atoms with Gasteiger partial charge in [0, 0.05) is 19.5 Å². The summed E-state index contributed by atoms with van der Waals surface area (Å²) in [4.78, 5) is 16.7. The van der Waals surface area contributed by atoms with E-state index < -0.39 is 16.1 Å². The quantitative estimate of drug-likeness (QED) is 0.637. The number of oxime groups is 1. The van der Waals surface area contributed by atoms with Crippen LogP contribution in [0, 0.1) is 5.92 Å². The zero-order chi connectivity index (χ0) is 13.8. The standard InChI is InChI=1S/C10H19N3O4S/c1-7(2)8-6-9(17-13-8)10(14)11-4-5-12-18(3,15)16/h7,9,12H,4-6H2,1-3H3,(H,11,14). The van der Waals surface area contributed by atoms with Gasteiger partial charge in [-0.05, 0) is 5.92 Å². The Kier molecular flexibility index (Phi) is 5.09. The second-order valence-corrected chi connectivity index (χ2v) is 6.33. The van der Waals surface area contributed by atoms with Gasteiger partial charge in [-0.3, -0.25) is 4.79 Å². The fraction of sp³-hybridized carbons (Fsp3) is 0.800. The number of hydrogen-bond acceptors (Lipinski definition) is 5. The van der Waals surface area contributed by atoms with Gasteiger partial charge in [0.05, 0.1) is 12.0 Å². The van der Waals surface area contributed by atoms with Crippen LogP contribution in [0.2, 0.25) is 0 Å². The molecule has 0 aliphatic carbocycles. The Bertz CT molecular complexity index is 430. The highest BCUT2D eigenvalue weighted by atomic mass is 32.2. The number of nitrogens with zero attached hydrogens (tertiary/aromatic N) is 1. The molecule has 0 aromatic rings. The zero-order valence-electron chi connectivity index (χ0n) is 10.8. The molecule has 7 nitrogen and oxygen atoms in total. The van der Waals surface area contributed by atoms with Crippen LogP contribution >= 0.6 is 0 Å². The molecule has 1 unspecified atom stereocenters. The maximum atomic E-state index is 11.7. The third-order valence-electron chi connectivity index (χ3n) is 2.44. The Balaban J connectivity index is 2.24. The molecule has 0 aromatic heterocycles. The van der Waals surface area contributed by atoms with Gasteiger partial charge in [-0.2, -0.15) is 0 Å². The van der Waals surface area contributed by atoms with Crippen molar-refractivity contribution in [1.29, 1.82) is 0 Å². The van der Waals surface area contributed by atoms with Crippen LogP contribution in [0.1, 0.15) is 20.3 Å². The lowest BCUT2D eigenvalue weighted by Crippen LogP contribution is -2.39. The molecular formula is C10H19N3O4S. The Morgan fingerprint density at radius 2 is 2.17 bits per heavy atom. The van der Waals surface area contributed by atoms with Crippen LogP contribution in [0.4, 0.5) is 0 Å². The van der Waals surface area contributed by atoms with Gasteiger partial charge in [-0.15, -0.1) is 0 Å². The van der Waals surface area contributed by atoms with Crippen LogP contribution in [-0.2, 0) is 19.7 Å². The van der Waals surface area contributed by atoms with Crippen molar-refractivity contribution >= 4 is 21.6 Å². The highest BCUT2D eigenvalue weighted by molar-refractivity contribution is 7.88. The van der Waals surface area contributed by atoms with E-state index >= 15 is 0 Å². The molecule has 0 saturated carbocycles. The minimum atomic E-state index is -3.22. The van der Waals surface area contributed by atoms with E-state index in [0.29, 0.717) is 6.42 Å². The van der Waals surface area contributed by atoms with Crippen LogP contribution < -0.4 is 10.0 Å². The molecule has 0 radical (unpaired) electrons. The largest absolute Gasteiger partial charge is 0.382 e. The molecule has 0 spiro atoms. The zero-order valence-corrected chi connectivity index (χ0v) is 11.6. The first-order valence-corrected chi connectivity index (χ1v) is 7.63. The highest BCUT2D eigenvalue weighted by Gasteiger charge is 2.28. The minimum absolute atomic E-state index is 0.162. The molecule has 0 saturated heterocycles. The summed E-state index contributed by atoms with van der Waals surface area (Å²) in [5.74, 6) is -0.0144. The van der Waals surface area contributed by atoms with Crippen molar-refractivity contribution in [2.75, 3.05) is 19.3 Å². The third-order valence-corrected chi connectivity index (χ3v) is 3.17. The topological polar surface area (TPSA) is 96.9 Å². The molecule has 1 aliphatic rings. The second-order valence-electron chi connectivity index (χ2n) is 4.49. The number of carbonyl (C=O) groups excluding carboxylic acids is 1. The first-order chi connectivity index (χ1) is 8.29. The lowest BCUT2D eigenvalue weighted by molar-refractivity contribution is -0.131. The van der Waals surface area contributed by atoms with Gasteiger partial charge < -0.3 is 10.2 Å². The Hall–Kier alpha value is -1.15. The molecule has 1 heterocycles. The fourth-order valence-corrected chi connectivity index (χ4v) is 1.89. The summed E-state index contributed by atoms with van der Waals surface area (Å²) in [5.41, 5.74) is 0.865. The van der Waals surface area contributed by atoms with E-state index in [1.165, 1.54) is 0 Å². The molecule has 1 amide bonds. The summed E-state index contributed by atoms with van der Waals surface area (Å²) < 4.78 is 23.8. The summed E-state index contributed by atoms with van der Waals surface area (Å²) >= 11 is 0. The number of hydrogen-bond donors (Lipinski definition) is 2. The molecule has 0 aromatic carbocycles. The molecule has 104 valence electrons. The molecule has 0 bridgehead atoms. The SMILES string of the molecule is CC(C)C1=NOC(C(=O)NCCNS(C)(=O)=O)C1. The van der Waals surface area contributed by atoms with Gasteiger partial charge in [0.2, 0.25) is 16.1 Å². The summed E-state index contributed by atoms with van der Waals surface area (Å²) in [7, 11) is -3.22. The molecule has 1 aliphatic heterocycles. The number of carbonyl (C=O) groups is 1. The average Bonchev–Trinajstić information content (AvgIpc) is 2.72. The van der Waals surface area contributed by atoms with Crippen molar-refractivity contribution in [2.24, 2.45) is 11.1 Å². The van der Waals surface area contributed by atoms with Gasteiger partial charge >= 0.3 is 0 Å². The maximum Gasteiger partial charge on any atom is 0.264 e. The molecule has 8 heteroatoms. The number of nitrogens with one attached hydrogen (secondary N) is 2. The van der Waals surface area contributed by atoms with E-state index in [2.05, 4.69) is 15.2 Å². The Morgan fingerprint density at radius 1 is 1.50 bits per heavy atom. The molecular weight excluding hydrogens is 258 g/mol. The van der Waals surface area contributed by atoms with Gasteiger partial charge in [0.1, 0.15) is 0 Å². The predicted octanol–water partition coefficient (Wildman–Crippen LogP) is -0.547. The lowest BCUT2D eigenvalue weighted by Gasteiger charge is -2.09. The van der Waals surface area contributed by atoms with Crippen LogP contribution in [0.25, 0.3) is 0 Å². The first kappa shape index (κ1) is 14.9. The van der Waals surface area contributed by atoms with Crippen molar-refractivity contribution in [2.45, 2.75) is 26.4 Å². The van der Waals surface area contributed by atoms with E-state index in [0.717, 1.165) is 12.0 Å². The molecule has 2 N–H and O–H groups in total. The summed E-state index contributed by atoms with van der Waals surface area (Å²) in [6, 6.07) is 0. The van der Waals surface area contributed by atoms with Crippen molar-refractivity contribution in [3.8, 4) is 0 Å². The van der Waals surface area contributed by atoms with Gasteiger partial charge in [-0.25, -0.2) is 13.1 Å². The number of rotatable bonds is 6. The first-order valence-electron chi connectivity index (χ1n) is 5.74. The molecule has 18 heavy (non-hydrogen) atoms. The van der Waals surface area contributed by atoms with Gasteiger partial charge in [-0.1, -0.05) is 19.0 Å². The van der Waals surface area contributed by atoms with E-state index in [1.54, 1.807) is 0 Å². The van der Waals surface area contributed by atoms with Crippen molar-refractivity contribution < 1.29 is 18.0 Å². The summed E-state index contributed by atoms with van der Waals surface area (Å²) in [6.45, 7) is 4.36. The minimum Gasteiger partial charge on any atom is -0.382 e. The molecule has 1 atom stereocenters. The normalized spacial score (nSPS) is 19.6. The molecule has 1 rings (SSSR count). The predicted molar refractivity (Wildman–Crippen MR) is 67.6 cm³/mol. The summed E-state index contributed by atoms with van der Waals surface area (Å²) in [6.07, 6.45) is 0.960. The van der Waals surface area contributed by atoms with E-state index in [9.17, 15) is 13.2 Å². The Morgan fingerprint density at radius 3 is 2.67 bits per heavy atom. The van der Waals surface area contributed by atoms with Crippen LogP contribution in [0.15, 0.2) is 5.16 Å². The smallest absolute Gasteiger partial charge is 0.264 e.